The van der Waals surface area contributed by atoms with Gasteiger partial charge < -0.3 is 5.32 Å². The number of carbonyl (C=O) groups is 1. The second-order valence-electron chi connectivity index (χ2n) is 4.62. The van der Waals surface area contributed by atoms with Crippen LogP contribution >= 0.6 is 23.1 Å². The normalized spacial score (nSPS) is 13.3. The zero-order valence-corrected chi connectivity index (χ0v) is 12.6. The number of hydrogen-bond donors (Lipinski definition) is 1. The minimum Gasteiger partial charge on any atom is -0.320 e. The first-order chi connectivity index (χ1) is 10.2. The number of anilines is 1. The monoisotopic (exact) mass is 318 g/mol. The molecule has 106 valence electrons. The molecule has 3 nitrogen and oxygen atoms in total. The minimum atomic E-state index is -0.492. The van der Waals surface area contributed by atoms with Crippen LogP contribution in [0.15, 0.2) is 24.3 Å². The van der Waals surface area contributed by atoms with Crippen LogP contribution in [0.3, 0.4) is 0 Å². The maximum atomic E-state index is 13.1. The maximum Gasteiger partial charge on any atom is 0.265 e. The highest BCUT2D eigenvalue weighted by atomic mass is 32.2. The summed E-state index contributed by atoms with van der Waals surface area (Å²) in [5.74, 6) is 1.29. The fraction of sp³-hybridized carbons (Fsp3) is 0.200. The summed E-state index contributed by atoms with van der Waals surface area (Å²) in [4.78, 5) is 14.2. The Balaban J connectivity index is 1.84. The van der Waals surface area contributed by atoms with E-state index in [1.807, 2.05) is 23.9 Å². The van der Waals surface area contributed by atoms with Gasteiger partial charge in [-0.3, -0.25) is 4.79 Å². The Labute approximate surface area is 129 Å². The van der Waals surface area contributed by atoms with Crippen LogP contribution in [0.2, 0.25) is 0 Å². The summed E-state index contributed by atoms with van der Waals surface area (Å²) in [6, 6.07) is 7.56. The zero-order valence-electron chi connectivity index (χ0n) is 11.0. The molecular formula is C15H11FN2OS2. The molecule has 1 aromatic carbocycles. The van der Waals surface area contributed by atoms with Crippen molar-refractivity contribution in [3.05, 3.63) is 51.0 Å². The summed E-state index contributed by atoms with van der Waals surface area (Å²) in [6.07, 6.45) is 0.998. The van der Waals surface area contributed by atoms with E-state index in [2.05, 4.69) is 5.32 Å². The Morgan fingerprint density at radius 3 is 3.00 bits per heavy atom. The smallest absolute Gasteiger partial charge is 0.265 e. The number of thioether (sulfide) groups is 1. The Hall–Kier alpha value is -1.84. The van der Waals surface area contributed by atoms with Crippen LogP contribution < -0.4 is 5.32 Å². The first-order valence-electron chi connectivity index (χ1n) is 6.37. The number of fused-ring (bicyclic) bond motifs is 1. The number of nitrogens with one attached hydrogen (secondary N) is 1. The van der Waals surface area contributed by atoms with Gasteiger partial charge in [-0.2, -0.15) is 17.0 Å². The third-order valence-corrected chi connectivity index (χ3v) is 5.45. The lowest BCUT2D eigenvalue weighted by atomic mass is 10.2. The van der Waals surface area contributed by atoms with Crippen molar-refractivity contribution in [2.24, 2.45) is 0 Å². The highest BCUT2D eigenvalue weighted by molar-refractivity contribution is 7.98. The predicted molar refractivity (Wildman–Crippen MR) is 83.3 cm³/mol. The van der Waals surface area contributed by atoms with Gasteiger partial charge in [0.2, 0.25) is 0 Å². The Bertz CT molecular complexity index is 725. The third-order valence-electron chi connectivity index (χ3n) is 3.20. The van der Waals surface area contributed by atoms with Gasteiger partial charge in [0.15, 0.2) is 0 Å². The highest BCUT2D eigenvalue weighted by Gasteiger charge is 2.18. The number of nitrogens with zero attached hydrogens (tertiary/aromatic N) is 1. The molecule has 21 heavy (non-hydrogen) atoms. The topological polar surface area (TPSA) is 52.9 Å². The molecule has 2 heterocycles. The molecule has 1 aliphatic rings. The minimum absolute atomic E-state index is 0.125. The van der Waals surface area contributed by atoms with Crippen LogP contribution in [-0.2, 0) is 12.2 Å². The van der Waals surface area contributed by atoms with Gasteiger partial charge in [-0.05, 0) is 42.0 Å². The average Bonchev–Trinajstić information content (AvgIpc) is 2.93. The summed E-state index contributed by atoms with van der Waals surface area (Å²) < 4.78 is 13.1. The Morgan fingerprint density at radius 1 is 1.38 bits per heavy atom. The second-order valence-corrected chi connectivity index (χ2v) is 6.86. The van der Waals surface area contributed by atoms with Crippen LogP contribution in [0.4, 0.5) is 10.1 Å². The van der Waals surface area contributed by atoms with Crippen LogP contribution in [-0.4, -0.2) is 11.7 Å². The van der Waals surface area contributed by atoms with E-state index >= 15 is 0 Å². The molecule has 0 saturated heterocycles. The van der Waals surface area contributed by atoms with E-state index in [0.29, 0.717) is 10.6 Å². The molecule has 6 heteroatoms. The Kier molecular flexibility index (Phi) is 3.95. The molecule has 0 unspecified atom stereocenters. The zero-order chi connectivity index (χ0) is 14.8. The van der Waals surface area contributed by atoms with E-state index in [1.54, 1.807) is 0 Å². The maximum absolute atomic E-state index is 13.1. The Morgan fingerprint density at radius 2 is 2.24 bits per heavy atom. The molecule has 0 radical (unpaired) electrons. The number of rotatable bonds is 2. The molecule has 2 aromatic rings. The van der Waals surface area contributed by atoms with Gasteiger partial charge in [0.1, 0.15) is 11.9 Å². The molecule has 0 saturated carbocycles. The fourth-order valence-corrected chi connectivity index (χ4v) is 4.43. The molecule has 1 amide bonds. The molecule has 1 aliphatic heterocycles. The van der Waals surface area contributed by atoms with E-state index in [0.717, 1.165) is 24.0 Å². The first-order valence-corrected chi connectivity index (χ1v) is 8.35. The number of halogens is 1. The molecule has 1 aromatic heterocycles. The SMILES string of the molecule is N#Cc1cc(F)ccc1NC(=O)c1cc2c(s1)CCSC2. The van der Waals surface area contributed by atoms with E-state index in [9.17, 15) is 9.18 Å². The van der Waals surface area contributed by atoms with Crippen molar-refractivity contribution in [2.75, 3.05) is 11.1 Å². The molecule has 0 aliphatic carbocycles. The lowest BCUT2D eigenvalue weighted by Crippen LogP contribution is -2.11. The van der Waals surface area contributed by atoms with Crippen LogP contribution in [0.5, 0.6) is 0 Å². The van der Waals surface area contributed by atoms with Gasteiger partial charge >= 0.3 is 0 Å². The van der Waals surface area contributed by atoms with Gasteiger partial charge in [-0.1, -0.05) is 0 Å². The van der Waals surface area contributed by atoms with Crippen molar-refractivity contribution >= 4 is 34.7 Å². The number of nitriles is 1. The number of benzene rings is 1. The van der Waals surface area contributed by atoms with Crippen molar-refractivity contribution in [1.82, 2.24) is 0 Å². The van der Waals surface area contributed by atoms with E-state index in [4.69, 9.17) is 5.26 Å². The quantitative estimate of drug-likeness (QED) is 0.916. The molecule has 0 fully saturated rings. The third kappa shape index (κ3) is 2.94. The molecular weight excluding hydrogens is 307 g/mol. The van der Waals surface area contributed by atoms with Crippen molar-refractivity contribution in [3.8, 4) is 6.07 Å². The van der Waals surface area contributed by atoms with Gasteiger partial charge in [0.25, 0.3) is 5.91 Å². The van der Waals surface area contributed by atoms with E-state index < -0.39 is 5.82 Å². The summed E-state index contributed by atoms with van der Waals surface area (Å²) in [5, 5.41) is 11.7. The second kappa shape index (κ2) is 5.88. The molecule has 0 spiro atoms. The number of amides is 1. The first kappa shape index (κ1) is 14.1. The number of thiophene rings is 1. The van der Waals surface area contributed by atoms with Crippen LogP contribution in [0.25, 0.3) is 0 Å². The molecule has 1 N–H and O–H groups in total. The van der Waals surface area contributed by atoms with Crippen molar-refractivity contribution < 1.29 is 9.18 Å². The summed E-state index contributed by atoms with van der Waals surface area (Å²) in [7, 11) is 0. The van der Waals surface area contributed by atoms with Gasteiger partial charge in [0, 0.05) is 10.6 Å². The van der Waals surface area contributed by atoms with Crippen LogP contribution in [0.1, 0.15) is 25.7 Å². The van der Waals surface area contributed by atoms with Crippen molar-refractivity contribution in [3.63, 3.8) is 0 Å². The highest BCUT2D eigenvalue weighted by Crippen LogP contribution is 2.32. The lowest BCUT2D eigenvalue weighted by Gasteiger charge is -2.08. The number of carbonyl (C=O) groups excluding carboxylic acids is 1. The molecule has 3 rings (SSSR count). The van der Waals surface area contributed by atoms with E-state index in [1.165, 1.54) is 33.9 Å². The molecule has 0 atom stereocenters. The lowest BCUT2D eigenvalue weighted by molar-refractivity contribution is 0.103. The van der Waals surface area contributed by atoms with E-state index in [-0.39, 0.29) is 11.5 Å². The van der Waals surface area contributed by atoms with Crippen LogP contribution in [0, 0.1) is 17.1 Å². The number of aryl methyl sites for hydroxylation is 1. The van der Waals surface area contributed by atoms with Gasteiger partial charge in [-0.25, -0.2) is 4.39 Å². The standard InChI is InChI=1S/C15H11FN2OS2/c16-11-1-2-12(9(5-11)7-17)18-15(19)14-6-10-8-20-4-3-13(10)21-14/h1-2,5-6H,3-4,8H2,(H,18,19). The summed E-state index contributed by atoms with van der Waals surface area (Å²) in [5.41, 5.74) is 1.69. The van der Waals surface area contributed by atoms with Gasteiger partial charge in [-0.15, -0.1) is 11.3 Å². The van der Waals surface area contributed by atoms with Crippen molar-refractivity contribution in [2.45, 2.75) is 12.2 Å². The largest absolute Gasteiger partial charge is 0.320 e. The van der Waals surface area contributed by atoms with Crippen molar-refractivity contribution in [1.29, 1.82) is 5.26 Å². The predicted octanol–water partition coefficient (Wildman–Crippen LogP) is 3.80. The summed E-state index contributed by atoms with van der Waals surface area (Å²) in [6.45, 7) is 0. The number of hydrogen-bond acceptors (Lipinski definition) is 4. The molecule has 0 bridgehead atoms. The fourth-order valence-electron chi connectivity index (χ4n) is 2.16. The summed E-state index contributed by atoms with van der Waals surface area (Å²) >= 11 is 3.36. The van der Waals surface area contributed by atoms with Gasteiger partial charge in [0.05, 0.1) is 16.1 Å². The average molecular weight is 318 g/mol.